The van der Waals surface area contributed by atoms with Crippen molar-refractivity contribution in [1.82, 2.24) is 0 Å². The van der Waals surface area contributed by atoms with Crippen LogP contribution in [0.25, 0.3) is 11.1 Å². The van der Waals surface area contributed by atoms with Gasteiger partial charge in [0, 0.05) is 5.02 Å². The number of hydrogen-bond donors (Lipinski definition) is 1. The topological polar surface area (TPSA) is 46.5 Å². The molecule has 0 aromatic heterocycles. The molecule has 0 saturated heterocycles. The van der Waals surface area contributed by atoms with Gasteiger partial charge in [0.25, 0.3) is 0 Å². The Kier molecular flexibility index (Phi) is 6.68. The Morgan fingerprint density at radius 3 is 2.38 bits per heavy atom. The molecule has 0 aliphatic rings. The molecule has 2 rings (SSSR count). The summed E-state index contributed by atoms with van der Waals surface area (Å²) in [7, 11) is 0. The minimum Gasteiger partial charge on any atom is -0.494 e. The monoisotopic (exact) mass is 346 g/mol. The Balaban J connectivity index is 2.47. The van der Waals surface area contributed by atoms with Gasteiger partial charge >= 0.3 is 5.97 Å². The number of hydrogen-bond acceptors (Lipinski definition) is 2. The van der Waals surface area contributed by atoms with Crippen LogP contribution in [-0.2, 0) is 4.79 Å². The van der Waals surface area contributed by atoms with E-state index in [2.05, 4.69) is 0 Å². The van der Waals surface area contributed by atoms with Crippen molar-refractivity contribution in [2.45, 2.75) is 39.0 Å². The summed E-state index contributed by atoms with van der Waals surface area (Å²) in [5, 5.41) is 10.2. The highest BCUT2D eigenvalue weighted by molar-refractivity contribution is 6.30. The molecule has 0 heterocycles. The van der Waals surface area contributed by atoms with E-state index in [1.165, 1.54) is 0 Å². The summed E-state index contributed by atoms with van der Waals surface area (Å²) in [6, 6.07) is 13.3. The number of halogens is 1. The first-order chi connectivity index (χ1) is 11.5. The van der Waals surface area contributed by atoms with Gasteiger partial charge in [-0.3, -0.25) is 4.79 Å². The van der Waals surface area contributed by atoms with Crippen LogP contribution in [0.15, 0.2) is 42.5 Å². The summed E-state index contributed by atoms with van der Waals surface area (Å²) < 4.78 is 5.77. The average Bonchev–Trinajstić information content (AvgIpc) is 2.58. The standard InChI is InChI=1S/C20H23ClO3/c1-3-5-19(20(22)23)16-11-15(12-18(13-16)24-10-4-2)14-6-8-17(21)9-7-14/h6-9,11-13,19H,3-5,10H2,1-2H3,(H,22,23). The maximum absolute atomic E-state index is 11.6. The molecule has 4 heteroatoms. The molecule has 0 aliphatic heterocycles. The fourth-order valence-electron chi connectivity index (χ4n) is 2.66. The number of aliphatic carboxylic acids is 1. The van der Waals surface area contributed by atoms with Gasteiger partial charge in [-0.2, -0.15) is 0 Å². The van der Waals surface area contributed by atoms with E-state index >= 15 is 0 Å². The molecule has 1 N–H and O–H groups in total. The lowest BCUT2D eigenvalue weighted by Crippen LogP contribution is -2.12. The van der Waals surface area contributed by atoms with Crippen molar-refractivity contribution in [3.8, 4) is 16.9 Å². The highest BCUT2D eigenvalue weighted by Crippen LogP contribution is 2.32. The summed E-state index contributed by atoms with van der Waals surface area (Å²) in [5.74, 6) is -0.612. The number of benzene rings is 2. The van der Waals surface area contributed by atoms with Crippen LogP contribution in [0.2, 0.25) is 5.02 Å². The Hall–Kier alpha value is -2.00. The van der Waals surface area contributed by atoms with Crippen LogP contribution in [-0.4, -0.2) is 17.7 Å². The summed E-state index contributed by atoms with van der Waals surface area (Å²) in [5.41, 5.74) is 2.71. The van der Waals surface area contributed by atoms with Crippen molar-refractivity contribution in [2.75, 3.05) is 6.61 Å². The lowest BCUT2D eigenvalue weighted by Gasteiger charge is -2.16. The third kappa shape index (κ3) is 4.75. The minimum absolute atomic E-state index is 0.522. The van der Waals surface area contributed by atoms with Crippen LogP contribution in [0, 0.1) is 0 Å². The average molecular weight is 347 g/mol. The molecule has 1 unspecified atom stereocenters. The Bertz CT molecular complexity index is 680. The molecule has 3 nitrogen and oxygen atoms in total. The zero-order valence-corrected chi connectivity index (χ0v) is 14.8. The quantitative estimate of drug-likeness (QED) is 0.660. The maximum Gasteiger partial charge on any atom is 0.310 e. The second-order valence-corrected chi connectivity index (χ2v) is 6.26. The van der Waals surface area contributed by atoms with Crippen LogP contribution < -0.4 is 4.74 Å². The van der Waals surface area contributed by atoms with Crippen molar-refractivity contribution in [3.63, 3.8) is 0 Å². The van der Waals surface area contributed by atoms with Gasteiger partial charge in [-0.05, 0) is 53.8 Å². The van der Waals surface area contributed by atoms with E-state index in [0.717, 1.165) is 29.5 Å². The smallest absolute Gasteiger partial charge is 0.310 e. The lowest BCUT2D eigenvalue weighted by molar-refractivity contribution is -0.139. The molecule has 0 fully saturated rings. The zero-order chi connectivity index (χ0) is 17.5. The van der Waals surface area contributed by atoms with Gasteiger partial charge in [-0.1, -0.05) is 50.1 Å². The van der Waals surface area contributed by atoms with Gasteiger partial charge in [0.2, 0.25) is 0 Å². The summed E-state index contributed by atoms with van der Waals surface area (Å²) >= 11 is 5.96. The first-order valence-electron chi connectivity index (χ1n) is 8.31. The van der Waals surface area contributed by atoms with Crippen LogP contribution in [0.5, 0.6) is 5.75 Å². The van der Waals surface area contributed by atoms with Crippen molar-refractivity contribution < 1.29 is 14.6 Å². The third-order valence-corrected chi connectivity index (χ3v) is 4.11. The number of ether oxygens (including phenoxy) is 1. The van der Waals surface area contributed by atoms with Gasteiger partial charge in [0.05, 0.1) is 12.5 Å². The molecule has 0 bridgehead atoms. The third-order valence-electron chi connectivity index (χ3n) is 3.86. The largest absolute Gasteiger partial charge is 0.494 e. The normalized spacial score (nSPS) is 12.0. The fourth-order valence-corrected chi connectivity index (χ4v) is 2.78. The molecule has 24 heavy (non-hydrogen) atoms. The van der Waals surface area contributed by atoms with Gasteiger partial charge < -0.3 is 9.84 Å². The number of rotatable bonds is 8. The van der Waals surface area contributed by atoms with Crippen LogP contribution >= 0.6 is 11.6 Å². The molecule has 128 valence electrons. The van der Waals surface area contributed by atoms with Crippen molar-refractivity contribution in [1.29, 1.82) is 0 Å². The Labute approximate surface area is 148 Å². The van der Waals surface area contributed by atoms with E-state index in [1.807, 2.05) is 56.3 Å². The summed E-state index contributed by atoms with van der Waals surface area (Å²) in [6.45, 7) is 4.64. The lowest BCUT2D eigenvalue weighted by atomic mass is 9.91. The van der Waals surface area contributed by atoms with Crippen LogP contribution in [0.3, 0.4) is 0 Å². The van der Waals surface area contributed by atoms with Gasteiger partial charge in [0.1, 0.15) is 5.75 Å². The number of carboxylic acid groups (broad SMARTS) is 1. The number of carboxylic acids is 1. The van der Waals surface area contributed by atoms with Gasteiger partial charge in [0.15, 0.2) is 0 Å². The van der Waals surface area contributed by atoms with E-state index < -0.39 is 11.9 Å². The van der Waals surface area contributed by atoms with E-state index in [4.69, 9.17) is 16.3 Å². The van der Waals surface area contributed by atoms with Crippen LogP contribution in [0.1, 0.15) is 44.6 Å². The molecule has 0 amide bonds. The maximum atomic E-state index is 11.6. The predicted octanol–water partition coefficient (Wildman–Crippen LogP) is 5.76. The van der Waals surface area contributed by atoms with Crippen LogP contribution in [0.4, 0.5) is 0 Å². The minimum atomic E-state index is -0.799. The second-order valence-electron chi connectivity index (χ2n) is 5.83. The molecule has 0 aliphatic carbocycles. The van der Waals surface area contributed by atoms with Gasteiger partial charge in [-0.25, -0.2) is 0 Å². The van der Waals surface area contributed by atoms with Gasteiger partial charge in [-0.15, -0.1) is 0 Å². The highest BCUT2D eigenvalue weighted by Gasteiger charge is 2.20. The van der Waals surface area contributed by atoms with Crippen molar-refractivity contribution >= 4 is 17.6 Å². The molecular weight excluding hydrogens is 324 g/mol. The zero-order valence-electron chi connectivity index (χ0n) is 14.1. The molecule has 2 aromatic rings. The van der Waals surface area contributed by atoms with E-state index in [0.29, 0.717) is 23.8 Å². The SMILES string of the molecule is CCCOc1cc(-c2ccc(Cl)cc2)cc(C(CCC)C(=O)O)c1. The molecule has 0 spiro atoms. The molecular formula is C20H23ClO3. The summed E-state index contributed by atoms with van der Waals surface area (Å²) in [4.78, 5) is 11.6. The molecule has 0 saturated carbocycles. The molecule has 0 radical (unpaired) electrons. The highest BCUT2D eigenvalue weighted by atomic mass is 35.5. The summed E-state index contributed by atoms with van der Waals surface area (Å²) in [6.07, 6.45) is 2.32. The Morgan fingerprint density at radius 1 is 1.08 bits per heavy atom. The van der Waals surface area contributed by atoms with E-state index in [1.54, 1.807) is 0 Å². The number of carbonyl (C=O) groups is 1. The molecule has 1 atom stereocenters. The fraction of sp³-hybridized carbons (Fsp3) is 0.350. The van der Waals surface area contributed by atoms with Crippen molar-refractivity contribution in [2.24, 2.45) is 0 Å². The predicted molar refractivity (Wildman–Crippen MR) is 98.0 cm³/mol. The molecule has 2 aromatic carbocycles. The van der Waals surface area contributed by atoms with E-state index in [9.17, 15) is 9.90 Å². The first kappa shape index (κ1) is 18.3. The van der Waals surface area contributed by atoms with Crippen molar-refractivity contribution in [3.05, 3.63) is 53.1 Å². The van der Waals surface area contributed by atoms with E-state index in [-0.39, 0.29) is 0 Å². The Morgan fingerprint density at radius 2 is 1.79 bits per heavy atom. The first-order valence-corrected chi connectivity index (χ1v) is 8.69. The second kappa shape index (κ2) is 8.74.